The Labute approximate surface area is 93.3 Å². The minimum absolute atomic E-state index is 0.131. The highest BCUT2D eigenvalue weighted by Gasteiger charge is 2.16. The molecule has 0 saturated heterocycles. The van der Waals surface area contributed by atoms with E-state index in [4.69, 9.17) is 16.7 Å². The van der Waals surface area contributed by atoms with Crippen molar-refractivity contribution in [3.63, 3.8) is 0 Å². The summed E-state index contributed by atoms with van der Waals surface area (Å²) in [5.41, 5.74) is -0.277. The van der Waals surface area contributed by atoms with Gasteiger partial charge in [0.1, 0.15) is 11.4 Å². The molecule has 0 saturated carbocycles. The van der Waals surface area contributed by atoms with Gasteiger partial charge in [0.05, 0.1) is 6.10 Å². The molecule has 0 spiro atoms. The van der Waals surface area contributed by atoms with Crippen LogP contribution in [0, 0.1) is 5.82 Å². The molecule has 0 aliphatic rings. The Bertz CT molecular complexity index is 328. The summed E-state index contributed by atoms with van der Waals surface area (Å²) in [7, 11) is 0. The van der Waals surface area contributed by atoms with E-state index in [9.17, 15) is 9.50 Å². The molecule has 0 radical (unpaired) electrons. The molecule has 1 rings (SSSR count). The van der Waals surface area contributed by atoms with Crippen LogP contribution < -0.4 is 0 Å². The van der Waals surface area contributed by atoms with E-state index in [0.717, 1.165) is 0 Å². The average Bonchev–Trinajstić information content (AvgIpc) is 2.16. The third-order valence-corrected chi connectivity index (χ3v) is 2.41. The van der Waals surface area contributed by atoms with Crippen molar-refractivity contribution in [1.82, 2.24) is 0 Å². The number of aliphatic hydroxyl groups excluding tert-OH is 2. The van der Waals surface area contributed by atoms with Crippen molar-refractivity contribution in [3.8, 4) is 0 Å². The van der Waals surface area contributed by atoms with Gasteiger partial charge in [0.15, 0.2) is 0 Å². The van der Waals surface area contributed by atoms with Crippen LogP contribution in [0.25, 0.3) is 0 Å². The van der Waals surface area contributed by atoms with Crippen molar-refractivity contribution < 1.29 is 14.6 Å². The van der Waals surface area contributed by atoms with Gasteiger partial charge in [-0.15, -0.1) is 0 Å². The zero-order valence-electron chi connectivity index (χ0n) is 8.45. The molecule has 1 aromatic rings. The van der Waals surface area contributed by atoms with E-state index in [1.807, 2.05) is 0 Å². The maximum atomic E-state index is 13.5. The molecule has 0 aliphatic carbocycles. The number of aliphatic hydroxyl groups is 2. The normalized spacial score (nSPS) is 15.0. The van der Waals surface area contributed by atoms with Crippen molar-refractivity contribution >= 4 is 11.6 Å². The molecule has 0 amide bonds. The number of benzene rings is 1. The third kappa shape index (κ3) is 3.16. The Morgan fingerprint density at radius 3 is 2.60 bits per heavy atom. The van der Waals surface area contributed by atoms with Gasteiger partial charge in [0, 0.05) is 12.0 Å². The molecule has 1 aromatic carbocycles. The van der Waals surface area contributed by atoms with Crippen molar-refractivity contribution in [2.45, 2.75) is 31.4 Å². The molecule has 0 aliphatic heterocycles. The molecule has 84 valence electrons. The quantitative estimate of drug-likeness (QED) is 0.783. The number of halogens is 2. The maximum Gasteiger partial charge on any atom is 0.132 e. The summed E-state index contributed by atoms with van der Waals surface area (Å²) in [5.74, 6) is -0.459. The van der Waals surface area contributed by atoms with E-state index in [-0.39, 0.29) is 12.0 Å². The van der Waals surface area contributed by atoms with Crippen LogP contribution in [-0.2, 0) is 6.42 Å². The fourth-order valence-corrected chi connectivity index (χ4v) is 1.68. The maximum absolute atomic E-state index is 13.5. The first-order valence-electron chi connectivity index (χ1n) is 4.83. The molecule has 0 heterocycles. The van der Waals surface area contributed by atoms with Crippen LogP contribution in [0.15, 0.2) is 18.2 Å². The van der Waals surface area contributed by atoms with E-state index in [0.29, 0.717) is 12.0 Å². The monoisotopic (exact) mass is 232 g/mol. The third-order valence-electron chi connectivity index (χ3n) is 2.25. The lowest BCUT2D eigenvalue weighted by Gasteiger charge is -2.15. The van der Waals surface area contributed by atoms with Crippen LogP contribution in [0.4, 0.5) is 4.39 Å². The second-order valence-corrected chi connectivity index (χ2v) is 3.88. The number of rotatable bonds is 4. The van der Waals surface area contributed by atoms with E-state index >= 15 is 0 Å². The summed E-state index contributed by atoms with van der Waals surface area (Å²) < 4.78 is 13.5. The Morgan fingerprint density at radius 2 is 2.07 bits per heavy atom. The van der Waals surface area contributed by atoms with Crippen LogP contribution in [-0.4, -0.2) is 15.8 Å². The van der Waals surface area contributed by atoms with Crippen LogP contribution in [0.5, 0.6) is 0 Å². The highest BCUT2D eigenvalue weighted by molar-refractivity contribution is 6.19. The van der Waals surface area contributed by atoms with Crippen LogP contribution in [0.1, 0.15) is 30.6 Å². The van der Waals surface area contributed by atoms with Gasteiger partial charge in [-0.2, -0.15) is 0 Å². The van der Waals surface area contributed by atoms with Gasteiger partial charge < -0.3 is 10.2 Å². The minimum atomic E-state index is -1.06. The van der Waals surface area contributed by atoms with Gasteiger partial charge in [-0.1, -0.05) is 30.7 Å². The topological polar surface area (TPSA) is 40.5 Å². The van der Waals surface area contributed by atoms with Crippen LogP contribution >= 0.6 is 11.6 Å². The van der Waals surface area contributed by atoms with Gasteiger partial charge >= 0.3 is 0 Å². The Hall–Kier alpha value is -0.640. The zero-order valence-corrected chi connectivity index (χ0v) is 9.21. The van der Waals surface area contributed by atoms with Gasteiger partial charge in [-0.3, -0.25) is 0 Å². The summed E-state index contributed by atoms with van der Waals surface area (Å²) in [4.78, 5) is 0. The lowest BCUT2D eigenvalue weighted by molar-refractivity contribution is 0.166. The lowest BCUT2D eigenvalue weighted by atomic mass is 9.98. The standard InChI is InChI=1S/C11H14ClFO2/c1-2-9(14)11-7(6-10(12)15)4-3-5-8(11)13/h3-5,9-10,14-15H,2,6H2,1H3/t9?,10-/m1/s1. The number of alkyl halides is 1. The minimum Gasteiger partial charge on any atom is -0.388 e. The van der Waals surface area contributed by atoms with Crippen molar-refractivity contribution in [2.75, 3.05) is 0 Å². The summed E-state index contributed by atoms with van der Waals surface area (Å²) >= 11 is 5.44. The number of hydrogen-bond acceptors (Lipinski definition) is 2. The lowest BCUT2D eigenvalue weighted by Crippen LogP contribution is -2.09. The summed E-state index contributed by atoms with van der Waals surface area (Å²) in [5, 5.41) is 18.7. The fraction of sp³-hybridized carbons (Fsp3) is 0.455. The smallest absolute Gasteiger partial charge is 0.132 e. The van der Waals surface area contributed by atoms with Gasteiger partial charge in [0.2, 0.25) is 0 Å². The van der Waals surface area contributed by atoms with E-state index in [2.05, 4.69) is 0 Å². The molecule has 2 nitrogen and oxygen atoms in total. The molecule has 0 fully saturated rings. The summed E-state index contributed by atoms with van der Waals surface area (Å²) in [6, 6.07) is 4.48. The molecule has 15 heavy (non-hydrogen) atoms. The fourth-order valence-electron chi connectivity index (χ4n) is 1.52. The molecular weight excluding hydrogens is 219 g/mol. The SMILES string of the molecule is CCC(O)c1c(F)cccc1C[C@@H](O)Cl. The van der Waals surface area contributed by atoms with E-state index < -0.39 is 17.5 Å². The molecule has 2 atom stereocenters. The molecule has 1 unspecified atom stereocenters. The van der Waals surface area contributed by atoms with Crippen LogP contribution in [0.3, 0.4) is 0 Å². The highest BCUT2D eigenvalue weighted by atomic mass is 35.5. The first-order valence-corrected chi connectivity index (χ1v) is 5.27. The Morgan fingerprint density at radius 1 is 1.40 bits per heavy atom. The Balaban J connectivity index is 3.08. The molecule has 2 N–H and O–H groups in total. The van der Waals surface area contributed by atoms with Crippen molar-refractivity contribution in [1.29, 1.82) is 0 Å². The molecular formula is C11H14ClFO2. The number of hydrogen-bond donors (Lipinski definition) is 2. The first kappa shape index (κ1) is 12.4. The van der Waals surface area contributed by atoms with Crippen LogP contribution in [0.2, 0.25) is 0 Å². The van der Waals surface area contributed by atoms with Crippen molar-refractivity contribution in [3.05, 3.63) is 35.1 Å². The molecule has 4 heteroatoms. The van der Waals surface area contributed by atoms with E-state index in [1.165, 1.54) is 12.1 Å². The van der Waals surface area contributed by atoms with Gasteiger partial charge in [-0.25, -0.2) is 4.39 Å². The van der Waals surface area contributed by atoms with Gasteiger partial charge in [0.25, 0.3) is 0 Å². The summed E-state index contributed by atoms with van der Waals surface area (Å²) in [6.45, 7) is 1.76. The first-order chi connectivity index (χ1) is 7.06. The molecule has 0 aromatic heterocycles. The summed E-state index contributed by atoms with van der Waals surface area (Å²) in [6.07, 6.45) is -0.297. The van der Waals surface area contributed by atoms with Crippen molar-refractivity contribution in [2.24, 2.45) is 0 Å². The average molecular weight is 233 g/mol. The second-order valence-electron chi connectivity index (χ2n) is 3.38. The van der Waals surface area contributed by atoms with Gasteiger partial charge in [-0.05, 0) is 18.1 Å². The predicted molar refractivity (Wildman–Crippen MR) is 57.2 cm³/mol. The molecule has 0 bridgehead atoms. The predicted octanol–water partition coefficient (Wildman–Crippen LogP) is 2.37. The highest BCUT2D eigenvalue weighted by Crippen LogP contribution is 2.25. The Kier molecular flexibility index (Phi) is 4.51. The zero-order chi connectivity index (χ0) is 11.4. The van der Waals surface area contributed by atoms with E-state index in [1.54, 1.807) is 13.0 Å². The second kappa shape index (κ2) is 5.45. The largest absolute Gasteiger partial charge is 0.388 e.